The number of ether oxygens (including phenoxy) is 1. The minimum Gasteiger partial charge on any atom is -0.483 e. The number of hydrogen-bond donors (Lipinski definition) is 1. The summed E-state index contributed by atoms with van der Waals surface area (Å²) in [5, 5.41) is 9.62. The molecular weight excluding hydrogens is 690 g/mol. The Hall–Kier alpha value is -4.19. The van der Waals surface area contributed by atoms with Crippen LogP contribution in [0.25, 0.3) is 33.5 Å². The van der Waals surface area contributed by atoms with Gasteiger partial charge in [0.2, 0.25) is 5.82 Å². The minimum atomic E-state index is -0.341. The Bertz CT molecular complexity index is 2060. The van der Waals surface area contributed by atoms with Gasteiger partial charge in [-0.05, 0) is 107 Å². The van der Waals surface area contributed by atoms with Crippen molar-refractivity contribution in [1.29, 1.82) is 0 Å². The molecule has 11 heteroatoms. The highest BCUT2D eigenvalue weighted by atomic mass is 127. The quantitative estimate of drug-likeness (QED) is 0.136. The van der Waals surface area contributed by atoms with E-state index in [9.17, 15) is 9.59 Å². The fraction of sp³-hybridized carbons (Fsp3) is 0.0323. The standard InChI is InChI=1S/C31H19Cl2IN4O4/c32-20-6-9-22(10-7-20)36-29(39)17-41-27-11-5-18(13-24(27)34)16-35-38-30(37-25-4-2-1-3-23(25)31(38)40)28-15-19-14-21(33)8-12-26(19)42-28/h1-16H,17H2,(H,36,39). The van der Waals surface area contributed by atoms with Crippen molar-refractivity contribution in [3.63, 3.8) is 0 Å². The number of carbonyl (C=O) groups excluding carboxylic acids is 1. The molecule has 0 aliphatic heterocycles. The summed E-state index contributed by atoms with van der Waals surface area (Å²) >= 11 is 14.2. The summed E-state index contributed by atoms with van der Waals surface area (Å²) < 4.78 is 13.7. The zero-order valence-corrected chi connectivity index (χ0v) is 25.2. The highest BCUT2D eigenvalue weighted by Gasteiger charge is 2.17. The number of halogens is 3. The summed E-state index contributed by atoms with van der Waals surface area (Å²) in [4.78, 5) is 30.5. The van der Waals surface area contributed by atoms with E-state index in [1.54, 1.807) is 85.1 Å². The molecule has 0 bridgehead atoms. The van der Waals surface area contributed by atoms with Crippen molar-refractivity contribution < 1.29 is 13.9 Å². The number of rotatable bonds is 7. The number of aromatic nitrogens is 2. The van der Waals surface area contributed by atoms with Gasteiger partial charge in [-0.3, -0.25) is 9.59 Å². The van der Waals surface area contributed by atoms with E-state index in [0.29, 0.717) is 49.3 Å². The number of nitrogens with one attached hydrogen (secondary N) is 1. The first kappa shape index (κ1) is 28.0. The Morgan fingerprint density at radius 2 is 1.79 bits per heavy atom. The van der Waals surface area contributed by atoms with Crippen molar-refractivity contribution in [1.82, 2.24) is 9.66 Å². The Morgan fingerprint density at radius 1 is 1.00 bits per heavy atom. The van der Waals surface area contributed by atoms with Gasteiger partial charge < -0.3 is 14.5 Å². The smallest absolute Gasteiger partial charge is 0.282 e. The van der Waals surface area contributed by atoms with E-state index in [1.807, 2.05) is 12.1 Å². The molecule has 1 amide bonds. The van der Waals surface area contributed by atoms with Crippen molar-refractivity contribution in [3.8, 4) is 17.3 Å². The predicted octanol–water partition coefficient (Wildman–Crippen LogP) is 7.62. The molecule has 0 unspecified atom stereocenters. The van der Waals surface area contributed by atoms with Crippen LogP contribution in [-0.4, -0.2) is 28.4 Å². The summed E-state index contributed by atoms with van der Waals surface area (Å²) in [6.45, 7) is -0.170. The van der Waals surface area contributed by atoms with Crippen LogP contribution < -0.4 is 15.6 Å². The Labute approximate surface area is 262 Å². The van der Waals surface area contributed by atoms with Gasteiger partial charge >= 0.3 is 0 Å². The van der Waals surface area contributed by atoms with Crippen LogP contribution in [0.15, 0.2) is 105 Å². The molecule has 42 heavy (non-hydrogen) atoms. The molecule has 6 aromatic rings. The molecular formula is C31H19Cl2IN4O4. The predicted molar refractivity (Wildman–Crippen MR) is 174 cm³/mol. The summed E-state index contributed by atoms with van der Waals surface area (Å²) in [7, 11) is 0. The third kappa shape index (κ3) is 6.03. The molecule has 2 heterocycles. The molecule has 1 N–H and O–H groups in total. The topological polar surface area (TPSA) is 98.7 Å². The van der Waals surface area contributed by atoms with Crippen LogP contribution >= 0.6 is 45.8 Å². The van der Waals surface area contributed by atoms with Gasteiger partial charge in [0.1, 0.15) is 11.3 Å². The van der Waals surface area contributed by atoms with E-state index in [-0.39, 0.29) is 23.9 Å². The van der Waals surface area contributed by atoms with E-state index >= 15 is 0 Å². The molecule has 4 aromatic carbocycles. The van der Waals surface area contributed by atoms with Gasteiger partial charge in [0.15, 0.2) is 12.4 Å². The highest BCUT2D eigenvalue weighted by Crippen LogP contribution is 2.29. The van der Waals surface area contributed by atoms with Gasteiger partial charge in [-0.1, -0.05) is 35.3 Å². The van der Waals surface area contributed by atoms with Crippen LogP contribution in [0, 0.1) is 3.57 Å². The van der Waals surface area contributed by atoms with Crippen LogP contribution in [0.2, 0.25) is 10.0 Å². The van der Waals surface area contributed by atoms with E-state index in [1.165, 1.54) is 4.68 Å². The van der Waals surface area contributed by atoms with Crippen LogP contribution in [0.3, 0.4) is 0 Å². The Morgan fingerprint density at radius 3 is 2.60 bits per heavy atom. The molecule has 0 radical (unpaired) electrons. The van der Waals surface area contributed by atoms with Crippen molar-refractivity contribution in [2.45, 2.75) is 0 Å². The molecule has 0 spiro atoms. The number of furan rings is 1. The summed E-state index contributed by atoms with van der Waals surface area (Å²) in [5.41, 5.74) is 2.13. The van der Waals surface area contributed by atoms with Crippen molar-refractivity contribution >= 4 is 85.5 Å². The maximum atomic E-state index is 13.5. The lowest BCUT2D eigenvalue weighted by Gasteiger charge is -2.10. The number of fused-ring (bicyclic) bond motifs is 2. The zero-order chi connectivity index (χ0) is 29.2. The second-order valence-corrected chi connectivity index (χ2v) is 11.2. The number of carbonyl (C=O) groups is 1. The molecule has 6 rings (SSSR count). The summed E-state index contributed by atoms with van der Waals surface area (Å²) in [6, 6.07) is 26.3. The Balaban J connectivity index is 1.26. The van der Waals surface area contributed by atoms with Gasteiger partial charge in [0, 0.05) is 21.1 Å². The number of nitrogens with zero attached hydrogens (tertiary/aromatic N) is 3. The van der Waals surface area contributed by atoms with Crippen LogP contribution in [-0.2, 0) is 4.79 Å². The molecule has 0 aliphatic rings. The van der Waals surface area contributed by atoms with Crippen LogP contribution in [0.4, 0.5) is 5.69 Å². The Kier molecular flexibility index (Phi) is 7.96. The number of benzene rings is 4. The van der Waals surface area contributed by atoms with Gasteiger partial charge in [-0.15, -0.1) is 0 Å². The summed E-state index contributed by atoms with van der Waals surface area (Å²) in [5.74, 6) is 0.860. The molecule has 0 atom stereocenters. The lowest BCUT2D eigenvalue weighted by Crippen LogP contribution is -2.20. The fourth-order valence-corrected chi connectivity index (χ4v) is 5.23. The molecule has 0 aliphatic carbocycles. The average Bonchev–Trinajstić information content (AvgIpc) is 3.40. The zero-order valence-electron chi connectivity index (χ0n) is 21.6. The largest absolute Gasteiger partial charge is 0.483 e. The molecule has 0 saturated heterocycles. The molecule has 208 valence electrons. The van der Waals surface area contributed by atoms with E-state index in [4.69, 9.17) is 37.3 Å². The first-order chi connectivity index (χ1) is 20.3. The first-order valence-electron chi connectivity index (χ1n) is 12.6. The third-order valence-corrected chi connectivity index (χ3v) is 7.55. The SMILES string of the molecule is O=C(COc1ccc(C=Nn2c(-c3cc4cc(Cl)ccc4o3)nc3ccccc3c2=O)cc1I)Nc1ccc(Cl)cc1. The average molecular weight is 709 g/mol. The number of anilines is 1. The third-order valence-electron chi connectivity index (χ3n) is 6.22. The highest BCUT2D eigenvalue weighted by molar-refractivity contribution is 14.1. The fourth-order valence-electron chi connectivity index (χ4n) is 4.23. The number of para-hydroxylation sites is 1. The van der Waals surface area contributed by atoms with Crippen molar-refractivity contribution in [2.24, 2.45) is 5.10 Å². The lowest BCUT2D eigenvalue weighted by atomic mass is 10.2. The minimum absolute atomic E-state index is 0.170. The van der Waals surface area contributed by atoms with Gasteiger partial charge in [0.25, 0.3) is 11.5 Å². The lowest BCUT2D eigenvalue weighted by molar-refractivity contribution is -0.118. The molecule has 2 aromatic heterocycles. The first-order valence-corrected chi connectivity index (χ1v) is 14.4. The van der Waals surface area contributed by atoms with Crippen LogP contribution in [0.5, 0.6) is 5.75 Å². The normalized spacial score (nSPS) is 11.4. The van der Waals surface area contributed by atoms with E-state index in [2.05, 4.69) is 33.0 Å². The molecule has 0 saturated carbocycles. The van der Waals surface area contributed by atoms with E-state index < -0.39 is 0 Å². The molecule has 0 fully saturated rings. The van der Waals surface area contributed by atoms with Gasteiger partial charge in [-0.2, -0.15) is 9.78 Å². The van der Waals surface area contributed by atoms with Gasteiger partial charge in [-0.25, -0.2) is 4.98 Å². The molecule has 8 nitrogen and oxygen atoms in total. The second-order valence-electron chi connectivity index (χ2n) is 9.14. The van der Waals surface area contributed by atoms with Crippen LogP contribution in [0.1, 0.15) is 5.56 Å². The van der Waals surface area contributed by atoms with Crippen molar-refractivity contribution in [2.75, 3.05) is 11.9 Å². The maximum absolute atomic E-state index is 13.5. The number of hydrogen-bond acceptors (Lipinski definition) is 6. The van der Waals surface area contributed by atoms with E-state index in [0.717, 1.165) is 8.96 Å². The second kappa shape index (κ2) is 12.0. The summed E-state index contributed by atoms with van der Waals surface area (Å²) in [6.07, 6.45) is 1.56. The van der Waals surface area contributed by atoms with Gasteiger partial charge in [0.05, 0.1) is 20.7 Å². The number of amides is 1. The maximum Gasteiger partial charge on any atom is 0.282 e. The van der Waals surface area contributed by atoms with Crippen molar-refractivity contribution in [3.05, 3.63) is 121 Å². The monoisotopic (exact) mass is 708 g/mol.